The Hall–Kier alpha value is -2.05. The van der Waals surface area contributed by atoms with Gasteiger partial charge in [-0.1, -0.05) is 6.92 Å². The summed E-state index contributed by atoms with van der Waals surface area (Å²) in [4.78, 5) is 23.0. The fraction of sp³-hybridized carbons (Fsp3) is 0.429. The third-order valence-electron chi connectivity index (χ3n) is 2.43. The molecule has 0 bridgehead atoms. The fourth-order valence-corrected chi connectivity index (χ4v) is 1.49. The normalized spacial score (nSPS) is 11.0. The molecule has 0 aliphatic carbocycles. The molecule has 0 aliphatic heterocycles. The van der Waals surface area contributed by atoms with Crippen LogP contribution >= 0.6 is 0 Å². The van der Waals surface area contributed by atoms with E-state index in [-0.39, 0.29) is 24.2 Å². The van der Waals surface area contributed by atoms with Gasteiger partial charge in [0.25, 0.3) is 0 Å². The molecule has 0 aliphatic rings. The summed E-state index contributed by atoms with van der Waals surface area (Å²) in [5, 5.41) is 0. The molecule has 0 spiro atoms. The second-order valence-electron chi connectivity index (χ2n) is 4.22. The molecule has 7 heteroatoms. The third-order valence-corrected chi connectivity index (χ3v) is 2.43. The summed E-state index contributed by atoms with van der Waals surface area (Å²) in [6.45, 7) is 2.15. The Bertz CT molecular complexity index is 480. The topological polar surface area (TPSA) is 52.6 Å². The predicted octanol–water partition coefficient (Wildman–Crippen LogP) is 3.50. The molecule has 4 nitrogen and oxygen atoms in total. The van der Waals surface area contributed by atoms with E-state index in [9.17, 15) is 22.8 Å². The molecule has 0 saturated heterocycles. The molecular formula is C14H15F3O4. The van der Waals surface area contributed by atoms with Crippen molar-refractivity contribution in [3.8, 4) is 5.75 Å². The summed E-state index contributed by atoms with van der Waals surface area (Å²) in [6.07, 6.45) is -4.18. The molecule has 0 fully saturated rings. The highest BCUT2D eigenvalue weighted by Crippen LogP contribution is 2.23. The van der Waals surface area contributed by atoms with Crippen LogP contribution in [0.4, 0.5) is 13.2 Å². The van der Waals surface area contributed by atoms with Gasteiger partial charge in [0.2, 0.25) is 0 Å². The molecule has 0 amide bonds. The van der Waals surface area contributed by atoms with Gasteiger partial charge in [-0.3, -0.25) is 9.59 Å². The Labute approximate surface area is 119 Å². The van der Waals surface area contributed by atoms with Crippen molar-refractivity contribution >= 4 is 11.8 Å². The molecule has 0 aromatic heterocycles. The highest BCUT2D eigenvalue weighted by molar-refractivity contribution is 5.97. The van der Waals surface area contributed by atoms with Crippen molar-refractivity contribution in [1.82, 2.24) is 0 Å². The molecule has 21 heavy (non-hydrogen) atoms. The molecule has 0 saturated carbocycles. The van der Waals surface area contributed by atoms with Crippen LogP contribution < -0.4 is 4.74 Å². The highest BCUT2D eigenvalue weighted by atomic mass is 19.4. The Kier molecular flexibility index (Phi) is 6.20. The maximum Gasteiger partial charge on any atom is 0.573 e. The number of hydrogen-bond acceptors (Lipinski definition) is 4. The van der Waals surface area contributed by atoms with Crippen LogP contribution in [-0.4, -0.2) is 24.7 Å². The molecular weight excluding hydrogens is 289 g/mol. The summed E-state index contributed by atoms with van der Waals surface area (Å²) < 4.78 is 44.4. The summed E-state index contributed by atoms with van der Waals surface area (Å²) in [5.41, 5.74) is 0.216. The van der Waals surface area contributed by atoms with Crippen LogP contribution in [0.1, 0.15) is 36.5 Å². The number of carbonyl (C=O) groups excluding carboxylic acids is 2. The van der Waals surface area contributed by atoms with Gasteiger partial charge in [0, 0.05) is 12.0 Å². The minimum atomic E-state index is -4.77. The van der Waals surface area contributed by atoms with Crippen molar-refractivity contribution in [2.45, 2.75) is 32.5 Å². The maximum absolute atomic E-state index is 12.0. The monoisotopic (exact) mass is 304 g/mol. The quantitative estimate of drug-likeness (QED) is 0.571. The smallest absolute Gasteiger partial charge is 0.466 e. The first-order chi connectivity index (χ1) is 9.81. The van der Waals surface area contributed by atoms with E-state index in [0.29, 0.717) is 13.0 Å². The second kappa shape index (κ2) is 7.66. The molecule has 0 radical (unpaired) electrons. The minimum absolute atomic E-state index is 0.0535. The van der Waals surface area contributed by atoms with Gasteiger partial charge in [0.1, 0.15) is 5.75 Å². The summed E-state index contributed by atoms with van der Waals surface area (Å²) >= 11 is 0. The number of benzene rings is 1. The van der Waals surface area contributed by atoms with Crippen molar-refractivity contribution in [1.29, 1.82) is 0 Å². The predicted molar refractivity (Wildman–Crippen MR) is 67.9 cm³/mol. The van der Waals surface area contributed by atoms with Crippen molar-refractivity contribution in [2.75, 3.05) is 6.61 Å². The number of ketones is 1. The van der Waals surface area contributed by atoms with Crippen LogP contribution in [0.5, 0.6) is 5.75 Å². The standard InChI is InChI=1S/C14H15F3O4/c1-2-9-20-13(19)8-7-12(18)10-3-5-11(6-4-10)21-14(15,16)17/h3-6H,2,7-9H2,1H3. The number of ether oxygens (including phenoxy) is 2. The van der Waals surface area contributed by atoms with Crippen molar-refractivity contribution in [3.05, 3.63) is 29.8 Å². The molecule has 1 aromatic carbocycles. The summed E-state index contributed by atoms with van der Waals surface area (Å²) in [7, 11) is 0. The van der Waals surface area contributed by atoms with Gasteiger partial charge in [0.15, 0.2) is 5.78 Å². The van der Waals surface area contributed by atoms with E-state index in [1.165, 1.54) is 12.1 Å². The average Bonchev–Trinajstić information content (AvgIpc) is 2.41. The van der Waals surface area contributed by atoms with Crippen LogP contribution in [0, 0.1) is 0 Å². The lowest BCUT2D eigenvalue weighted by Crippen LogP contribution is -2.17. The number of esters is 1. The Morgan fingerprint density at radius 3 is 2.24 bits per heavy atom. The molecule has 0 heterocycles. The zero-order valence-electron chi connectivity index (χ0n) is 11.4. The maximum atomic E-state index is 12.0. The lowest BCUT2D eigenvalue weighted by Gasteiger charge is -2.09. The van der Waals surface area contributed by atoms with Crippen molar-refractivity contribution in [3.63, 3.8) is 0 Å². The van der Waals surface area contributed by atoms with E-state index in [4.69, 9.17) is 4.74 Å². The van der Waals surface area contributed by atoms with E-state index in [1.54, 1.807) is 0 Å². The first-order valence-corrected chi connectivity index (χ1v) is 6.36. The number of halogens is 3. The first-order valence-electron chi connectivity index (χ1n) is 6.36. The molecule has 0 atom stereocenters. The summed E-state index contributed by atoms with van der Waals surface area (Å²) in [6, 6.07) is 4.55. The zero-order chi connectivity index (χ0) is 15.9. The van der Waals surface area contributed by atoms with E-state index in [1.807, 2.05) is 6.92 Å². The van der Waals surface area contributed by atoms with Gasteiger partial charge in [-0.2, -0.15) is 0 Å². The van der Waals surface area contributed by atoms with Crippen molar-refractivity contribution in [2.24, 2.45) is 0 Å². The Morgan fingerprint density at radius 1 is 1.10 bits per heavy atom. The minimum Gasteiger partial charge on any atom is -0.466 e. The average molecular weight is 304 g/mol. The SMILES string of the molecule is CCCOC(=O)CCC(=O)c1ccc(OC(F)(F)F)cc1. The number of alkyl halides is 3. The largest absolute Gasteiger partial charge is 0.573 e. The number of Topliss-reactive ketones (excluding diaryl/α,β-unsaturated/α-hetero) is 1. The highest BCUT2D eigenvalue weighted by Gasteiger charge is 2.31. The van der Waals surface area contributed by atoms with Crippen molar-refractivity contribution < 1.29 is 32.2 Å². The van der Waals surface area contributed by atoms with Crippen LogP contribution in [0.15, 0.2) is 24.3 Å². The van der Waals surface area contributed by atoms with Gasteiger partial charge < -0.3 is 9.47 Å². The Balaban J connectivity index is 2.50. The number of rotatable bonds is 7. The van der Waals surface area contributed by atoms with E-state index < -0.39 is 18.1 Å². The van der Waals surface area contributed by atoms with Crippen LogP contribution in [0.25, 0.3) is 0 Å². The zero-order valence-corrected chi connectivity index (χ0v) is 11.4. The molecule has 1 aromatic rings. The summed E-state index contributed by atoms with van der Waals surface area (Å²) in [5.74, 6) is -1.22. The number of carbonyl (C=O) groups is 2. The third kappa shape index (κ3) is 6.78. The van der Waals surface area contributed by atoms with Gasteiger partial charge >= 0.3 is 12.3 Å². The van der Waals surface area contributed by atoms with E-state index in [0.717, 1.165) is 12.1 Å². The molecule has 0 unspecified atom stereocenters. The fourth-order valence-electron chi connectivity index (χ4n) is 1.49. The van der Waals surface area contributed by atoms with Gasteiger partial charge in [-0.15, -0.1) is 13.2 Å². The van der Waals surface area contributed by atoms with Crippen LogP contribution in [0.3, 0.4) is 0 Å². The van der Waals surface area contributed by atoms with E-state index >= 15 is 0 Å². The van der Waals surface area contributed by atoms with Crippen LogP contribution in [-0.2, 0) is 9.53 Å². The molecule has 1 rings (SSSR count). The van der Waals surface area contributed by atoms with Gasteiger partial charge in [-0.25, -0.2) is 0 Å². The molecule has 116 valence electrons. The van der Waals surface area contributed by atoms with Gasteiger partial charge in [0.05, 0.1) is 13.0 Å². The van der Waals surface area contributed by atoms with Gasteiger partial charge in [-0.05, 0) is 30.7 Å². The lowest BCUT2D eigenvalue weighted by atomic mass is 10.1. The van der Waals surface area contributed by atoms with Crippen LogP contribution in [0.2, 0.25) is 0 Å². The van der Waals surface area contributed by atoms with E-state index in [2.05, 4.69) is 4.74 Å². The molecule has 0 N–H and O–H groups in total. The number of hydrogen-bond donors (Lipinski definition) is 0. The lowest BCUT2D eigenvalue weighted by molar-refractivity contribution is -0.274. The Morgan fingerprint density at radius 2 is 1.71 bits per heavy atom. The first kappa shape index (κ1) is 17.0. The second-order valence-corrected chi connectivity index (χ2v) is 4.22.